The monoisotopic (exact) mass is 201 g/mol. The van der Waals surface area contributed by atoms with Gasteiger partial charge < -0.3 is 0 Å². The van der Waals surface area contributed by atoms with Crippen LogP contribution in [0.4, 0.5) is 5.82 Å². The van der Waals surface area contributed by atoms with Gasteiger partial charge in [-0.15, -0.1) is 0 Å². The fourth-order valence-electron chi connectivity index (χ4n) is 0.736. The molecule has 0 amide bonds. The molecule has 10 heavy (non-hydrogen) atoms. The molecule has 3 nitrogen and oxygen atoms in total. The lowest BCUT2D eigenvalue weighted by Gasteiger charge is -1.95. The van der Waals surface area contributed by atoms with Crippen molar-refractivity contribution in [1.82, 2.24) is 9.78 Å². The van der Waals surface area contributed by atoms with E-state index in [-0.39, 0.29) is 0 Å². The molecule has 0 spiro atoms. The number of aromatic nitrogens is 2. The van der Waals surface area contributed by atoms with Crippen LogP contribution in [0.2, 0.25) is 0 Å². The first-order valence-corrected chi connectivity index (χ1v) is 3.77. The summed E-state index contributed by atoms with van der Waals surface area (Å²) in [5.74, 6) is 0.800. The number of aliphatic imine (C=N–C) groups is 1. The van der Waals surface area contributed by atoms with Crippen LogP contribution in [0.3, 0.4) is 0 Å². The minimum Gasteiger partial charge on any atom is -0.247 e. The molecule has 1 aromatic rings. The molecule has 54 valence electrons. The molecule has 1 heterocycles. The van der Waals surface area contributed by atoms with Crippen molar-refractivity contribution in [2.24, 2.45) is 4.99 Å². The zero-order valence-electron chi connectivity index (χ0n) is 5.71. The molecule has 0 unspecified atom stereocenters. The highest BCUT2D eigenvalue weighted by molar-refractivity contribution is 9.10. The highest BCUT2D eigenvalue weighted by Gasteiger charge is 1.99. The van der Waals surface area contributed by atoms with Gasteiger partial charge in [0.25, 0.3) is 0 Å². The predicted molar refractivity (Wildman–Crippen MR) is 44.8 cm³/mol. The number of rotatable bonds is 2. The quantitative estimate of drug-likeness (QED) is 0.674. The van der Waals surface area contributed by atoms with E-state index in [0.29, 0.717) is 0 Å². The van der Waals surface area contributed by atoms with Crippen LogP contribution in [0.1, 0.15) is 6.92 Å². The first kappa shape index (κ1) is 7.47. The molecular formula is C6H8BrN3. The van der Waals surface area contributed by atoms with Crippen LogP contribution >= 0.6 is 15.9 Å². The van der Waals surface area contributed by atoms with Gasteiger partial charge in [0, 0.05) is 12.6 Å². The summed E-state index contributed by atoms with van der Waals surface area (Å²) in [5.41, 5.74) is 0. The van der Waals surface area contributed by atoms with E-state index in [1.165, 1.54) is 0 Å². The van der Waals surface area contributed by atoms with Gasteiger partial charge in [0.1, 0.15) is 4.60 Å². The van der Waals surface area contributed by atoms with E-state index >= 15 is 0 Å². The summed E-state index contributed by atoms with van der Waals surface area (Å²) in [6, 6.07) is 1.83. The molecule has 0 aliphatic carbocycles. The number of hydrogen-bond acceptors (Lipinski definition) is 2. The summed E-state index contributed by atoms with van der Waals surface area (Å²) >= 11 is 3.24. The van der Waals surface area contributed by atoms with Crippen LogP contribution in [-0.4, -0.2) is 16.5 Å². The normalized spacial score (nSPS) is 9.80. The Morgan fingerprint density at radius 2 is 2.60 bits per heavy atom. The Labute approximate surface area is 67.9 Å². The first-order chi connectivity index (χ1) is 4.77. The molecular weight excluding hydrogens is 194 g/mol. The molecule has 0 saturated carbocycles. The second-order valence-corrected chi connectivity index (χ2v) is 2.61. The van der Waals surface area contributed by atoms with Crippen molar-refractivity contribution in [2.45, 2.75) is 13.5 Å². The zero-order valence-corrected chi connectivity index (χ0v) is 7.30. The standard InChI is InChI=1S/C6H8BrN3/c1-3-10-6(8-2)4-5(7)9-10/h4H,2-3H2,1H3. The zero-order chi connectivity index (χ0) is 7.56. The Morgan fingerprint density at radius 1 is 1.90 bits per heavy atom. The van der Waals surface area contributed by atoms with Crippen LogP contribution < -0.4 is 0 Å². The van der Waals surface area contributed by atoms with Crippen molar-refractivity contribution in [3.63, 3.8) is 0 Å². The van der Waals surface area contributed by atoms with E-state index in [9.17, 15) is 0 Å². The summed E-state index contributed by atoms with van der Waals surface area (Å²) in [5, 5.41) is 4.10. The summed E-state index contributed by atoms with van der Waals surface area (Å²) in [6.45, 7) is 6.25. The van der Waals surface area contributed by atoms with Crippen molar-refractivity contribution in [2.75, 3.05) is 0 Å². The smallest absolute Gasteiger partial charge is 0.150 e. The van der Waals surface area contributed by atoms with Gasteiger partial charge in [-0.1, -0.05) is 0 Å². The van der Waals surface area contributed by atoms with E-state index in [4.69, 9.17) is 0 Å². The third kappa shape index (κ3) is 1.26. The van der Waals surface area contributed by atoms with Crippen molar-refractivity contribution in [1.29, 1.82) is 0 Å². The van der Waals surface area contributed by atoms with Gasteiger partial charge in [-0.3, -0.25) is 0 Å². The van der Waals surface area contributed by atoms with Crippen LogP contribution in [0.15, 0.2) is 15.7 Å². The molecule has 4 heteroatoms. The lowest BCUT2D eigenvalue weighted by Crippen LogP contribution is -1.94. The van der Waals surface area contributed by atoms with Gasteiger partial charge in [0.15, 0.2) is 5.82 Å². The average Bonchev–Trinajstić information content (AvgIpc) is 2.30. The Kier molecular flexibility index (Phi) is 2.21. The Bertz CT molecular complexity index is 241. The Hall–Kier alpha value is -0.640. The number of aryl methyl sites for hydroxylation is 1. The van der Waals surface area contributed by atoms with Crippen LogP contribution in [0.25, 0.3) is 0 Å². The first-order valence-electron chi connectivity index (χ1n) is 2.98. The van der Waals surface area contributed by atoms with Crippen LogP contribution in [-0.2, 0) is 6.54 Å². The molecule has 0 saturated heterocycles. The molecule has 1 aromatic heterocycles. The average molecular weight is 202 g/mol. The van der Waals surface area contributed by atoms with Crippen molar-refractivity contribution in [3.8, 4) is 0 Å². The Balaban J connectivity index is 3.08. The van der Waals surface area contributed by atoms with Gasteiger partial charge in [-0.2, -0.15) is 5.10 Å². The lowest BCUT2D eigenvalue weighted by molar-refractivity contribution is 0.660. The van der Waals surface area contributed by atoms with E-state index in [2.05, 4.69) is 32.7 Å². The van der Waals surface area contributed by atoms with E-state index in [0.717, 1.165) is 17.0 Å². The van der Waals surface area contributed by atoms with Crippen LogP contribution in [0, 0.1) is 0 Å². The third-order valence-corrected chi connectivity index (χ3v) is 1.58. The van der Waals surface area contributed by atoms with E-state index in [1.54, 1.807) is 4.68 Å². The van der Waals surface area contributed by atoms with E-state index < -0.39 is 0 Å². The van der Waals surface area contributed by atoms with E-state index in [1.807, 2.05) is 13.0 Å². The summed E-state index contributed by atoms with van der Waals surface area (Å²) in [6.07, 6.45) is 0. The molecule has 1 rings (SSSR count). The SMILES string of the molecule is C=Nc1cc(Br)nn1CC. The topological polar surface area (TPSA) is 30.2 Å². The molecule has 0 bridgehead atoms. The second kappa shape index (κ2) is 2.96. The number of halogens is 1. The molecule has 0 N–H and O–H groups in total. The van der Waals surface area contributed by atoms with Gasteiger partial charge in [0.2, 0.25) is 0 Å². The highest BCUT2D eigenvalue weighted by atomic mass is 79.9. The Morgan fingerprint density at radius 3 is 3.00 bits per heavy atom. The second-order valence-electron chi connectivity index (χ2n) is 1.80. The predicted octanol–water partition coefficient (Wildman–Crippen LogP) is 2.00. The number of nitrogens with zero attached hydrogens (tertiary/aromatic N) is 3. The summed E-state index contributed by atoms with van der Waals surface area (Å²) in [7, 11) is 0. The van der Waals surface area contributed by atoms with Crippen molar-refractivity contribution < 1.29 is 0 Å². The largest absolute Gasteiger partial charge is 0.247 e. The molecule has 0 atom stereocenters. The van der Waals surface area contributed by atoms with Crippen molar-refractivity contribution in [3.05, 3.63) is 10.7 Å². The minimum atomic E-state index is 0.800. The fourth-order valence-corrected chi connectivity index (χ4v) is 1.13. The summed E-state index contributed by atoms with van der Waals surface area (Å²) in [4.78, 5) is 3.78. The maximum atomic E-state index is 4.10. The van der Waals surface area contributed by atoms with Gasteiger partial charge >= 0.3 is 0 Å². The molecule has 0 aromatic carbocycles. The third-order valence-electron chi connectivity index (χ3n) is 1.19. The molecule has 0 aliphatic heterocycles. The molecule has 0 fully saturated rings. The minimum absolute atomic E-state index is 0.800. The van der Waals surface area contributed by atoms with Gasteiger partial charge in [-0.05, 0) is 29.6 Å². The van der Waals surface area contributed by atoms with Gasteiger partial charge in [0.05, 0.1) is 0 Å². The maximum absolute atomic E-state index is 4.10. The summed E-state index contributed by atoms with van der Waals surface area (Å²) < 4.78 is 2.58. The van der Waals surface area contributed by atoms with Crippen molar-refractivity contribution >= 4 is 28.5 Å². The fraction of sp³-hybridized carbons (Fsp3) is 0.333. The van der Waals surface area contributed by atoms with Gasteiger partial charge in [-0.25, -0.2) is 9.67 Å². The lowest BCUT2D eigenvalue weighted by atomic mass is 10.6. The molecule has 0 radical (unpaired) electrons. The molecule has 0 aliphatic rings. The number of hydrogen-bond donors (Lipinski definition) is 0. The van der Waals surface area contributed by atoms with Crippen LogP contribution in [0.5, 0.6) is 0 Å². The highest BCUT2D eigenvalue weighted by Crippen LogP contribution is 2.17. The maximum Gasteiger partial charge on any atom is 0.150 e.